The molecule has 17 heavy (non-hydrogen) atoms. The lowest BCUT2D eigenvalue weighted by molar-refractivity contribution is 0.242. The SMILES string of the molecule is CNC(=S)NN=Cc1ccc(OC(C)C)cc1. The molecule has 0 amide bonds. The van der Waals surface area contributed by atoms with Gasteiger partial charge in [0.15, 0.2) is 5.11 Å². The van der Waals surface area contributed by atoms with Crippen molar-refractivity contribution in [1.29, 1.82) is 0 Å². The van der Waals surface area contributed by atoms with Crippen LogP contribution in [0.1, 0.15) is 19.4 Å². The lowest BCUT2D eigenvalue weighted by Crippen LogP contribution is -2.28. The molecule has 2 N–H and O–H groups in total. The molecule has 0 aromatic heterocycles. The van der Waals surface area contributed by atoms with Crippen molar-refractivity contribution >= 4 is 23.5 Å². The highest BCUT2D eigenvalue weighted by Gasteiger charge is 1.96. The Balaban J connectivity index is 2.53. The molecule has 0 aliphatic rings. The summed E-state index contributed by atoms with van der Waals surface area (Å²) in [6.45, 7) is 4.00. The molecule has 1 aromatic rings. The van der Waals surface area contributed by atoms with Crippen LogP contribution in [0.3, 0.4) is 0 Å². The molecule has 0 bridgehead atoms. The summed E-state index contributed by atoms with van der Waals surface area (Å²) in [4.78, 5) is 0. The van der Waals surface area contributed by atoms with E-state index in [2.05, 4.69) is 15.8 Å². The van der Waals surface area contributed by atoms with Crippen LogP contribution in [0.2, 0.25) is 0 Å². The molecule has 4 nitrogen and oxygen atoms in total. The molecule has 0 spiro atoms. The van der Waals surface area contributed by atoms with Crippen molar-refractivity contribution in [3.8, 4) is 5.75 Å². The van der Waals surface area contributed by atoms with Gasteiger partial charge in [-0.3, -0.25) is 5.43 Å². The van der Waals surface area contributed by atoms with Crippen molar-refractivity contribution in [2.45, 2.75) is 20.0 Å². The molecule has 0 saturated carbocycles. The zero-order chi connectivity index (χ0) is 12.7. The third kappa shape index (κ3) is 5.31. The molecule has 0 aliphatic heterocycles. The molecule has 0 atom stereocenters. The van der Waals surface area contributed by atoms with E-state index >= 15 is 0 Å². The molecule has 0 aliphatic carbocycles. The van der Waals surface area contributed by atoms with E-state index in [1.807, 2.05) is 38.1 Å². The quantitative estimate of drug-likeness (QED) is 0.487. The molecule has 0 radical (unpaired) electrons. The summed E-state index contributed by atoms with van der Waals surface area (Å²) in [7, 11) is 1.74. The first-order chi connectivity index (χ1) is 8.11. The number of thiocarbonyl (C=S) groups is 1. The maximum absolute atomic E-state index is 5.54. The normalized spacial score (nSPS) is 10.6. The number of hydrogen-bond donors (Lipinski definition) is 2. The second-order valence-electron chi connectivity index (χ2n) is 3.68. The molecular weight excluding hydrogens is 234 g/mol. The Bertz CT molecular complexity index is 387. The first-order valence-corrected chi connectivity index (χ1v) is 5.80. The average molecular weight is 251 g/mol. The Kier molecular flexibility index (Phi) is 5.42. The van der Waals surface area contributed by atoms with Gasteiger partial charge in [0.25, 0.3) is 0 Å². The van der Waals surface area contributed by atoms with Crippen molar-refractivity contribution in [2.75, 3.05) is 7.05 Å². The van der Waals surface area contributed by atoms with Crippen molar-refractivity contribution in [3.63, 3.8) is 0 Å². The number of rotatable bonds is 4. The minimum absolute atomic E-state index is 0.184. The van der Waals surface area contributed by atoms with Crippen molar-refractivity contribution < 1.29 is 4.74 Å². The highest BCUT2D eigenvalue weighted by Crippen LogP contribution is 2.12. The van der Waals surface area contributed by atoms with Gasteiger partial charge in [-0.1, -0.05) is 0 Å². The van der Waals surface area contributed by atoms with Gasteiger partial charge in [0, 0.05) is 7.05 Å². The van der Waals surface area contributed by atoms with E-state index < -0.39 is 0 Å². The summed E-state index contributed by atoms with van der Waals surface area (Å²) >= 11 is 4.88. The van der Waals surface area contributed by atoms with E-state index in [0.29, 0.717) is 5.11 Å². The molecule has 0 fully saturated rings. The topological polar surface area (TPSA) is 45.7 Å². The van der Waals surface area contributed by atoms with Crippen LogP contribution in [-0.4, -0.2) is 24.5 Å². The van der Waals surface area contributed by atoms with Crippen LogP contribution in [-0.2, 0) is 0 Å². The molecule has 1 rings (SSSR count). The van der Waals surface area contributed by atoms with E-state index in [9.17, 15) is 0 Å². The van der Waals surface area contributed by atoms with Gasteiger partial charge in [0.05, 0.1) is 12.3 Å². The van der Waals surface area contributed by atoms with E-state index in [1.165, 1.54) is 0 Å². The Hall–Kier alpha value is -1.62. The minimum atomic E-state index is 0.184. The highest BCUT2D eigenvalue weighted by atomic mass is 32.1. The summed E-state index contributed by atoms with van der Waals surface area (Å²) in [5, 5.41) is 7.24. The second-order valence-corrected chi connectivity index (χ2v) is 4.09. The van der Waals surface area contributed by atoms with E-state index in [1.54, 1.807) is 13.3 Å². The number of benzene rings is 1. The predicted molar refractivity (Wildman–Crippen MR) is 74.6 cm³/mol. The van der Waals surface area contributed by atoms with Gasteiger partial charge in [-0.05, 0) is 55.9 Å². The average Bonchev–Trinajstić information content (AvgIpc) is 2.30. The number of ether oxygens (including phenoxy) is 1. The molecule has 92 valence electrons. The van der Waals surface area contributed by atoms with Crippen molar-refractivity contribution in [3.05, 3.63) is 29.8 Å². The van der Waals surface area contributed by atoms with Gasteiger partial charge in [-0.15, -0.1) is 0 Å². The number of hydrogen-bond acceptors (Lipinski definition) is 3. The Morgan fingerprint density at radius 2 is 2.00 bits per heavy atom. The van der Waals surface area contributed by atoms with E-state index in [4.69, 9.17) is 17.0 Å². The standard InChI is InChI=1S/C12H17N3OS/c1-9(2)16-11-6-4-10(5-7-11)8-14-15-12(17)13-3/h4-9H,1-3H3,(H2,13,15,17). The first kappa shape index (κ1) is 13.4. The van der Waals surface area contributed by atoms with Crippen molar-refractivity contribution in [2.24, 2.45) is 5.10 Å². The van der Waals surface area contributed by atoms with Gasteiger partial charge in [-0.2, -0.15) is 5.10 Å². The Morgan fingerprint density at radius 3 is 2.53 bits per heavy atom. The van der Waals surface area contributed by atoms with Crippen LogP contribution >= 0.6 is 12.2 Å². The zero-order valence-corrected chi connectivity index (χ0v) is 11.0. The highest BCUT2D eigenvalue weighted by molar-refractivity contribution is 7.80. The summed E-state index contributed by atoms with van der Waals surface area (Å²) in [6, 6.07) is 7.70. The molecule has 1 aromatic carbocycles. The number of nitrogens with zero attached hydrogens (tertiary/aromatic N) is 1. The number of hydrazone groups is 1. The van der Waals surface area contributed by atoms with Gasteiger partial charge < -0.3 is 10.1 Å². The van der Waals surface area contributed by atoms with Gasteiger partial charge in [-0.25, -0.2) is 0 Å². The Labute approximate surface area is 107 Å². The third-order valence-electron chi connectivity index (χ3n) is 1.86. The summed E-state index contributed by atoms with van der Waals surface area (Å²) in [5.41, 5.74) is 3.67. The molecule has 5 heteroatoms. The summed E-state index contributed by atoms with van der Waals surface area (Å²) in [5.74, 6) is 0.857. The fourth-order valence-electron chi connectivity index (χ4n) is 1.13. The van der Waals surface area contributed by atoms with Gasteiger partial charge >= 0.3 is 0 Å². The molecule has 0 saturated heterocycles. The molecular formula is C12H17N3OS. The Morgan fingerprint density at radius 1 is 1.35 bits per heavy atom. The van der Waals surface area contributed by atoms with Crippen LogP contribution in [0.5, 0.6) is 5.75 Å². The van der Waals surface area contributed by atoms with Gasteiger partial charge in [0.2, 0.25) is 0 Å². The smallest absolute Gasteiger partial charge is 0.186 e. The summed E-state index contributed by atoms with van der Waals surface area (Å²) < 4.78 is 5.54. The lowest BCUT2D eigenvalue weighted by Gasteiger charge is -2.09. The van der Waals surface area contributed by atoms with Crippen molar-refractivity contribution in [1.82, 2.24) is 10.7 Å². The monoisotopic (exact) mass is 251 g/mol. The zero-order valence-electron chi connectivity index (χ0n) is 10.2. The first-order valence-electron chi connectivity index (χ1n) is 5.39. The summed E-state index contributed by atoms with van der Waals surface area (Å²) in [6.07, 6.45) is 1.88. The fourth-order valence-corrected chi connectivity index (χ4v) is 1.18. The van der Waals surface area contributed by atoms with Gasteiger partial charge in [0.1, 0.15) is 5.75 Å². The van der Waals surface area contributed by atoms with E-state index in [0.717, 1.165) is 11.3 Å². The van der Waals surface area contributed by atoms with Crippen LogP contribution < -0.4 is 15.5 Å². The van der Waals surface area contributed by atoms with Crippen LogP contribution in [0.15, 0.2) is 29.4 Å². The molecule has 0 unspecified atom stereocenters. The fraction of sp³-hybridized carbons (Fsp3) is 0.333. The maximum atomic E-state index is 5.54. The third-order valence-corrected chi connectivity index (χ3v) is 2.15. The van der Waals surface area contributed by atoms with Crippen LogP contribution in [0, 0.1) is 0 Å². The van der Waals surface area contributed by atoms with Crippen LogP contribution in [0.25, 0.3) is 0 Å². The maximum Gasteiger partial charge on any atom is 0.186 e. The van der Waals surface area contributed by atoms with Crippen LogP contribution in [0.4, 0.5) is 0 Å². The minimum Gasteiger partial charge on any atom is -0.491 e. The largest absolute Gasteiger partial charge is 0.491 e. The molecule has 0 heterocycles. The predicted octanol–water partition coefficient (Wildman–Crippen LogP) is 1.90. The number of nitrogens with one attached hydrogen (secondary N) is 2. The lowest BCUT2D eigenvalue weighted by atomic mass is 10.2. The second kappa shape index (κ2) is 6.85. The van der Waals surface area contributed by atoms with E-state index in [-0.39, 0.29) is 6.10 Å².